The fourth-order valence-electron chi connectivity index (χ4n) is 4.57. The van der Waals surface area contributed by atoms with E-state index in [1.54, 1.807) is 0 Å². The zero-order chi connectivity index (χ0) is 21.8. The fraction of sp³-hybridized carbons (Fsp3) is 0.560. The van der Waals surface area contributed by atoms with Crippen molar-refractivity contribution in [1.82, 2.24) is 24.6 Å². The molecule has 2 aromatic heterocycles. The van der Waals surface area contributed by atoms with Crippen LogP contribution in [-0.2, 0) is 0 Å². The van der Waals surface area contributed by atoms with Crippen LogP contribution in [0, 0.1) is 5.92 Å². The second-order valence-electron chi connectivity index (χ2n) is 9.26. The molecule has 0 bridgehead atoms. The Morgan fingerprint density at radius 2 is 1.77 bits per heavy atom. The van der Waals surface area contributed by atoms with Crippen molar-refractivity contribution in [3.63, 3.8) is 0 Å². The maximum absolute atomic E-state index is 5.12. The summed E-state index contributed by atoms with van der Waals surface area (Å²) in [6.45, 7) is 14.5. The lowest BCUT2D eigenvalue weighted by Gasteiger charge is -2.25. The van der Waals surface area contributed by atoms with Crippen LogP contribution in [0.1, 0.15) is 58.7 Å². The van der Waals surface area contributed by atoms with Gasteiger partial charge in [-0.15, -0.1) is 0 Å². The average molecular weight is 421 g/mol. The number of hydrogen-bond donors (Lipinski definition) is 0. The molecule has 6 nitrogen and oxygen atoms in total. The standard InChI is InChI=1S/C25H36N6/c1-5-10-20(4)23-27-24(30-14-9-13-29(15-16-30)18-19(2)3)22-17-26-31(25(22)28-23)21-11-7-6-8-12-21/h6-8,11-12,17,19-20H,5,9-10,13-16,18H2,1-4H3/t20-/m0/s1. The molecule has 0 unspecified atom stereocenters. The number of para-hydroxylation sites is 1. The third kappa shape index (κ3) is 4.90. The summed E-state index contributed by atoms with van der Waals surface area (Å²) in [7, 11) is 0. The lowest BCUT2D eigenvalue weighted by molar-refractivity contribution is 0.261. The molecule has 1 fully saturated rings. The molecule has 1 aliphatic heterocycles. The Labute approximate surface area is 186 Å². The van der Waals surface area contributed by atoms with Crippen molar-refractivity contribution in [2.24, 2.45) is 5.92 Å². The second kappa shape index (κ2) is 9.77. The van der Waals surface area contributed by atoms with Gasteiger partial charge in [-0.1, -0.05) is 52.3 Å². The minimum Gasteiger partial charge on any atom is -0.355 e. The van der Waals surface area contributed by atoms with Gasteiger partial charge in [-0.2, -0.15) is 5.10 Å². The quantitative estimate of drug-likeness (QED) is 0.545. The highest BCUT2D eigenvalue weighted by atomic mass is 15.3. The lowest BCUT2D eigenvalue weighted by atomic mass is 10.1. The Morgan fingerprint density at radius 1 is 0.968 bits per heavy atom. The molecule has 0 N–H and O–H groups in total. The van der Waals surface area contributed by atoms with E-state index in [0.717, 1.165) is 80.3 Å². The van der Waals surface area contributed by atoms with Gasteiger partial charge in [-0.25, -0.2) is 14.6 Å². The van der Waals surface area contributed by atoms with Gasteiger partial charge in [0.2, 0.25) is 0 Å². The van der Waals surface area contributed by atoms with E-state index in [1.807, 2.05) is 29.1 Å². The van der Waals surface area contributed by atoms with Gasteiger partial charge in [0.25, 0.3) is 0 Å². The molecule has 0 aliphatic carbocycles. The first kappa shape index (κ1) is 21.8. The molecule has 1 saturated heterocycles. The van der Waals surface area contributed by atoms with Gasteiger partial charge in [0, 0.05) is 32.1 Å². The molecule has 3 heterocycles. The van der Waals surface area contributed by atoms with Crippen molar-refractivity contribution in [2.45, 2.75) is 52.9 Å². The Morgan fingerprint density at radius 3 is 2.52 bits per heavy atom. The lowest BCUT2D eigenvalue weighted by Crippen LogP contribution is -2.33. The van der Waals surface area contributed by atoms with Crippen molar-refractivity contribution in [1.29, 1.82) is 0 Å². The number of benzene rings is 1. The van der Waals surface area contributed by atoms with E-state index in [1.165, 1.54) is 0 Å². The van der Waals surface area contributed by atoms with Crippen molar-refractivity contribution in [3.05, 3.63) is 42.4 Å². The summed E-state index contributed by atoms with van der Waals surface area (Å²) in [6, 6.07) is 10.3. The Kier molecular flexibility index (Phi) is 6.86. The first-order chi connectivity index (χ1) is 15.1. The van der Waals surface area contributed by atoms with E-state index < -0.39 is 0 Å². The topological polar surface area (TPSA) is 50.1 Å². The van der Waals surface area contributed by atoms with Gasteiger partial charge in [0.05, 0.1) is 17.3 Å². The zero-order valence-electron chi connectivity index (χ0n) is 19.5. The minimum absolute atomic E-state index is 0.330. The van der Waals surface area contributed by atoms with E-state index in [0.29, 0.717) is 11.8 Å². The Bertz CT molecular complexity index is 980. The number of fused-ring (bicyclic) bond motifs is 1. The van der Waals surface area contributed by atoms with Crippen LogP contribution in [0.4, 0.5) is 5.82 Å². The Hall–Kier alpha value is -2.47. The summed E-state index contributed by atoms with van der Waals surface area (Å²) < 4.78 is 1.96. The van der Waals surface area contributed by atoms with Crippen LogP contribution in [-0.4, -0.2) is 57.4 Å². The summed E-state index contributed by atoms with van der Waals surface area (Å²) in [4.78, 5) is 15.2. The average Bonchev–Trinajstić information content (AvgIpc) is 3.06. The fourth-order valence-corrected chi connectivity index (χ4v) is 4.57. The number of aromatic nitrogens is 4. The highest BCUT2D eigenvalue weighted by Crippen LogP contribution is 2.29. The van der Waals surface area contributed by atoms with Crippen LogP contribution >= 0.6 is 0 Å². The molecule has 1 aromatic carbocycles. The minimum atomic E-state index is 0.330. The molecule has 6 heteroatoms. The maximum atomic E-state index is 5.12. The van der Waals surface area contributed by atoms with E-state index in [2.05, 4.69) is 49.6 Å². The van der Waals surface area contributed by atoms with Crippen LogP contribution in [0.3, 0.4) is 0 Å². The first-order valence-corrected chi connectivity index (χ1v) is 11.8. The predicted octanol–water partition coefficient (Wildman–Crippen LogP) is 4.89. The normalized spacial score (nSPS) is 16.7. The number of hydrogen-bond acceptors (Lipinski definition) is 5. The van der Waals surface area contributed by atoms with Gasteiger partial charge in [-0.05, 0) is 37.4 Å². The molecule has 0 radical (unpaired) electrons. The highest BCUT2D eigenvalue weighted by molar-refractivity contribution is 5.88. The highest BCUT2D eigenvalue weighted by Gasteiger charge is 2.23. The summed E-state index contributed by atoms with van der Waals surface area (Å²) >= 11 is 0. The van der Waals surface area contributed by atoms with Gasteiger partial charge in [-0.3, -0.25) is 0 Å². The third-order valence-corrected chi connectivity index (χ3v) is 6.10. The van der Waals surface area contributed by atoms with Crippen LogP contribution in [0.15, 0.2) is 36.5 Å². The number of rotatable bonds is 7. The predicted molar refractivity (Wildman–Crippen MR) is 128 cm³/mol. The van der Waals surface area contributed by atoms with Gasteiger partial charge >= 0.3 is 0 Å². The zero-order valence-corrected chi connectivity index (χ0v) is 19.5. The van der Waals surface area contributed by atoms with Crippen molar-refractivity contribution in [2.75, 3.05) is 37.6 Å². The monoisotopic (exact) mass is 420 g/mol. The van der Waals surface area contributed by atoms with Crippen LogP contribution in [0.5, 0.6) is 0 Å². The molecule has 166 valence electrons. The number of nitrogens with zero attached hydrogens (tertiary/aromatic N) is 6. The molecule has 4 rings (SSSR count). The molecule has 31 heavy (non-hydrogen) atoms. The van der Waals surface area contributed by atoms with E-state index >= 15 is 0 Å². The molecule has 0 amide bonds. The van der Waals surface area contributed by atoms with Gasteiger partial charge < -0.3 is 9.80 Å². The van der Waals surface area contributed by atoms with E-state index in [9.17, 15) is 0 Å². The maximum Gasteiger partial charge on any atom is 0.168 e. The molecule has 0 saturated carbocycles. The summed E-state index contributed by atoms with van der Waals surface area (Å²) in [5.74, 6) is 3.02. The summed E-state index contributed by atoms with van der Waals surface area (Å²) in [5.41, 5.74) is 1.95. The first-order valence-electron chi connectivity index (χ1n) is 11.8. The molecule has 1 atom stereocenters. The second-order valence-corrected chi connectivity index (χ2v) is 9.26. The van der Waals surface area contributed by atoms with Crippen LogP contribution in [0.2, 0.25) is 0 Å². The third-order valence-electron chi connectivity index (χ3n) is 6.10. The smallest absolute Gasteiger partial charge is 0.168 e. The van der Waals surface area contributed by atoms with Gasteiger partial charge in [0.15, 0.2) is 5.65 Å². The van der Waals surface area contributed by atoms with Crippen molar-refractivity contribution < 1.29 is 0 Å². The number of anilines is 1. The Balaban J connectivity index is 1.74. The molecular weight excluding hydrogens is 384 g/mol. The van der Waals surface area contributed by atoms with E-state index in [-0.39, 0.29) is 0 Å². The SMILES string of the molecule is CCC[C@H](C)c1nc(N2CCCN(CC(C)C)CC2)c2cnn(-c3ccccc3)c2n1. The molecular formula is C25H36N6. The molecule has 0 spiro atoms. The van der Waals surface area contributed by atoms with Crippen molar-refractivity contribution in [3.8, 4) is 5.69 Å². The van der Waals surface area contributed by atoms with E-state index in [4.69, 9.17) is 15.1 Å². The molecule has 1 aliphatic rings. The van der Waals surface area contributed by atoms with Crippen LogP contribution in [0.25, 0.3) is 16.7 Å². The summed E-state index contributed by atoms with van der Waals surface area (Å²) in [6.07, 6.45) is 5.32. The molecule has 3 aromatic rings. The van der Waals surface area contributed by atoms with Gasteiger partial charge in [0.1, 0.15) is 11.6 Å². The largest absolute Gasteiger partial charge is 0.355 e. The van der Waals surface area contributed by atoms with Crippen molar-refractivity contribution >= 4 is 16.9 Å². The summed E-state index contributed by atoms with van der Waals surface area (Å²) in [5, 5.41) is 5.77. The van der Waals surface area contributed by atoms with Crippen LogP contribution < -0.4 is 4.90 Å².